The number of hydrogen-bond donors (Lipinski definition) is 2. The molecule has 3 aromatic rings. The van der Waals surface area contributed by atoms with Gasteiger partial charge in [-0.15, -0.1) is 12.4 Å². The van der Waals surface area contributed by atoms with Crippen molar-refractivity contribution in [2.24, 2.45) is 11.7 Å². The molecule has 1 aliphatic rings. The lowest BCUT2D eigenvalue weighted by atomic mass is 9.89. The minimum absolute atomic E-state index is 0. The van der Waals surface area contributed by atoms with Gasteiger partial charge < -0.3 is 5.73 Å². The molecule has 6 heteroatoms. The number of aromatic nitrogens is 2. The third kappa shape index (κ3) is 3.80. The van der Waals surface area contributed by atoms with Gasteiger partial charge in [0.1, 0.15) is 0 Å². The number of hydrogen-bond acceptors (Lipinski definition) is 4. The van der Waals surface area contributed by atoms with Gasteiger partial charge in [-0.05, 0) is 29.5 Å². The van der Waals surface area contributed by atoms with E-state index in [1.54, 1.807) is 11.3 Å². The van der Waals surface area contributed by atoms with Gasteiger partial charge in [0.25, 0.3) is 0 Å². The fourth-order valence-electron chi connectivity index (χ4n) is 3.73. The van der Waals surface area contributed by atoms with Crippen molar-refractivity contribution in [2.75, 3.05) is 19.6 Å². The Morgan fingerprint density at radius 1 is 1.20 bits per heavy atom. The number of halogens is 1. The molecular weight excluding hydrogens is 352 g/mol. The highest BCUT2D eigenvalue weighted by molar-refractivity contribution is 7.08. The van der Waals surface area contributed by atoms with Crippen LogP contribution in [0.3, 0.4) is 0 Å². The van der Waals surface area contributed by atoms with E-state index in [9.17, 15) is 0 Å². The first-order valence-corrected chi connectivity index (χ1v) is 9.31. The van der Waals surface area contributed by atoms with Crippen molar-refractivity contribution in [1.82, 2.24) is 15.1 Å². The van der Waals surface area contributed by atoms with Crippen molar-refractivity contribution in [3.05, 3.63) is 64.5 Å². The molecule has 0 unspecified atom stereocenters. The Morgan fingerprint density at radius 3 is 2.76 bits per heavy atom. The normalized spacial score (nSPS) is 20.5. The second-order valence-electron chi connectivity index (χ2n) is 6.49. The van der Waals surface area contributed by atoms with E-state index in [0.717, 1.165) is 31.9 Å². The van der Waals surface area contributed by atoms with Crippen molar-refractivity contribution in [1.29, 1.82) is 0 Å². The molecular formula is C19H23ClN4S. The molecule has 4 nitrogen and oxygen atoms in total. The van der Waals surface area contributed by atoms with Gasteiger partial charge in [-0.25, -0.2) is 0 Å². The van der Waals surface area contributed by atoms with Crippen LogP contribution in [0, 0.1) is 5.92 Å². The lowest BCUT2D eigenvalue weighted by molar-refractivity contribution is 0.317. The highest BCUT2D eigenvalue weighted by Gasteiger charge is 2.33. The van der Waals surface area contributed by atoms with Crippen LogP contribution < -0.4 is 5.73 Å². The van der Waals surface area contributed by atoms with Crippen LogP contribution in [0.4, 0.5) is 0 Å². The van der Waals surface area contributed by atoms with Crippen LogP contribution in [0.15, 0.2) is 53.4 Å². The van der Waals surface area contributed by atoms with Crippen molar-refractivity contribution in [2.45, 2.75) is 12.5 Å². The zero-order chi connectivity index (χ0) is 16.4. The van der Waals surface area contributed by atoms with Crippen molar-refractivity contribution in [3.63, 3.8) is 0 Å². The fourth-order valence-corrected chi connectivity index (χ4v) is 4.38. The maximum absolute atomic E-state index is 6.06. The average Bonchev–Trinajstić information content (AvgIpc) is 3.36. The maximum Gasteiger partial charge on any atom is 0.0703 e. The molecule has 4 rings (SSSR count). The smallest absolute Gasteiger partial charge is 0.0703 e. The largest absolute Gasteiger partial charge is 0.330 e. The molecule has 0 amide bonds. The lowest BCUT2D eigenvalue weighted by Gasteiger charge is -2.16. The lowest BCUT2D eigenvalue weighted by Crippen LogP contribution is -2.23. The Hall–Kier alpha value is -1.66. The predicted octanol–water partition coefficient (Wildman–Crippen LogP) is 3.73. The first kappa shape index (κ1) is 18.1. The van der Waals surface area contributed by atoms with Crippen LogP contribution in [0.2, 0.25) is 0 Å². The summed E-state index contributed by atoms with van der Waals surface area (Å²) in [6, 6.07) is 12.9. The molecule has 0 radical (unpaired) electrons. The molecule has 132 valence electrons. The zero-order valence-electron chi connectivity index (χ0n) is 14.0. The molecule has 1 aliphatic heterocycles. The first-order chi connectivity index (χ1) is 11.8. The summed E-state index contributed by atoms with van der Waals surface area (Å²) in [6.45, 7) is 3.75. The van der Waals surface area contributed by atoms with E-state index in [-0.39, 0.29) is 12.4 Å². The van der Waals surface area contributed by atoms with Gasteiger partial charge in [-0.2, -0.15) is 16.4 Å². The topological polar surface area (TPSA) is 57.9 Å². The molecule has 3 N–H and O–H groups in total. The summed E-state index contributed by atoms with van der Waals surface area (Å²) in [5.41, 5.74) is 11.1. The summed E-state index contributed by atoms with van der Waals surface area (Å²) in [7, 11) is 0. The van der Waals surface area contributed by atoms with Crippen LogP contribution in [-0.2, 0) is 6.54 Å². The number of H-pyrrole nitrogens is 1. The Morgan fingerprint density at radius 2 is 2.04 bits per heavy atom. The second-order valence-corrected chi connectivity index (χ2v) is 7.27. The van der Waals surface area contributed by atoms with E-state index < -0.39 is 0 Å². The standard InChI is InChI=1S/C19H22N4S.ClH/c20-8-16-10-23(12-18(16)14-4-2-1-3-5-14)11-17-9-21-22-19(17)15-6-7-24-13-15;/h1-7,9,13,16,18H,8,10-12,20H2,(H,21,22);1H/t16-,18+;/m1./s1. The minimum Gasteiger partial charge on any atom is -0.330 e. The Bertz CT molecular complexity index is 772. The number of aromatic amines is 1. The molecule has 25 heavy (non-hydrogen) atoms. The third-order valence-electron chi connectivity index (χ3n) is 4.97. The van der Waals surface area contributed by atoms with Gasteiger partial charge >= 0.3 is 0 Å². The number of likely N-dealkylation sites (tertiary alicyclic amines) is 1. The summed E-state index contributed by atoms with van der Waals surface area (Å²) in [5, 5.41) is 11.7. The SMILES string of the molecule is Cl.NC[C@@H]1CN(Cc2cn[nH]c2-c2ccsc2)C[C@H]1c1ccccc1. The highest BCUT2D eigenvalue weighted by Crippen LogP contribution is 2.34. The second kappa shape index (κ2) is 8.15. The van der Waals surface area contributed by atoms with Gasteiger partial charge in [-0.3, -0.25) is 10.00 Å². The van der Waals surface area contributed by atoms with Gasteiger partial charge in [-0.1, -0.05) is 30.3 Å². The van der Waals surface area contributed by atoms with Crippen molar-refractivity contribution < 1.29 is 0 Å². The molecule has 0 spiro atoms. The van der Waals surface area contributed by atoms with E-state index in [0.29, 0.717) is 11.8 Å². The third-order valence-corrected chi connectivity index (χ3v) is 5.65. The number of rotatable bonds is 5. The van der Waals surface area contributed by atoms with Gasteiger partial charge in [0.15, 0.2) is 0 Å². The van der Waals surface area contributed by atoms with Gasteiger partial charge in [0.05, 0.1) is 11.9 Å². The monoisotopic (exact) mass is 374 g/mol. The predicted molar refractivity (Wildman–Crippen MR) is 106 cm³/mol. The summed E-state index contributed by atoms with van der Waals surface area (Å²) < 4.78 is 0. The molecule has 1 fully saturated rings. The summed E-state index contributed by atoms with van der Waals surface area (Å²) >= 11 is 1.71. The Balaban J connectivity index is 0.00000182. The van der Waals surface area contributed by atoms with Crippen LogP contribution in [0.5, 0.6) is 0 Å². The molecule has 2 aromatic heterocycles. The Kier molecular flexibility index (Phi) is 5.91. The van der Waals surface area contributed by atoms with Crippen LogP contribution in [-0.4, -0.2) is 34.7 Å². The van der Waals surface area contributed by atoms with Crippen LogP contribution >= 0.6 is 23.7 Å². The van der Waals surface area contributed by atoms with Crippen LogP contribution in [0.1, 0.15) is 17.0 Å². The molecule has 0 bridgehead atoms. The van der Waals surface area contributed by atoms with E-state index in [2.05, 4.69) is 62.3 Å². The quantitative estimate of drug-likeness (QED) is 0.715. The average molecular weight is 375 g/mol. The Labute approximate surface area is 158 Å². The minimum atomic E-state index is 0. The number of nitrogens with one attached hydrogen (secondary N) is 1. The molecule has 1 saturated heterocycles. The van der Waals surface area contributed by atoms with E-state index in [1.165, 1.54) is 16.7 Å². The maximum atomic E-state index is 6.06. The zero-order valence-corrected chi connectivity index (χ0v) is 15.6. The number of nitrogens with two attached hydrogens (primary N) is 1. The molecule has 0 aliphatic carbocycles. The van der Waals surface area contributed by atoms with Crippen molar-refractivity contribution >= 4 is 23.7 Å². The number of thiophene rings is 1. The fraction of sp³-hybridized carbons (Fsp3) is 0.316. The molecule has 0 saturated carbocycles. The number of benzene rings is 1. The molecule has 3 heterocycles. The van der Waals surface area contributed by atoms with Gasteiger partial charge in [0, 0.05) is 42.1 Å². The van der Waals surface area contributed by atoms with E-state index in [1.807, 2.05) is 6.20 Å². The molecule has 1 aromatic carbocycles. The summed E-state index contributed by atoms with van der Waals surface area (Å²) in [6.07, 6.45) is 1.96. The van der Waals surface area contributed by atoms with Crippen LogP contribution in [0.25, 0.3) is 11.3 Å². The van der Waals surface area contributed by atoms with E-state index >= 15 is 0 Å². The van der Waals surface area contributed by atoms with Crippen molar-refractivity contribution in [3.8, 4) is 11.3 Å². The summed E-state index contributed by atoms with van der Waals surface area (Å²) in [4.78, 5) is 2.51. The van der Waals surface area contributed by atoms with E-state index in [4.69, 9.17) is 5.73 Å². The van der Waals surface area contributed by atoms with Gasteiger partial charge in [0.2, 0.25) is 0 Å². The highest BCUT2D eigenvalue weighted by atomic mass is 35.5. The number of nitrogens with zero attached hydrogens (tertiary/aromatic N) is 2. The first-order valence-electron chi connectivity index (χ1n) is 8.37. The summed E-state index contributed by atoms with van der Waals surface area (Å²) in [5.74, 6) is 1.04. The molecule has 2 atom stereocenters.